The smallest absolute Gasteiger partial charge is 0.228 e. The van der Waals surface area contributed by atoms with Crippen LogP contribution >= 0.6 is 11.6 Å². The van der Waals surface area contributed by atoms with Gasteiger partial charge in [0.25, 0.3) is 0 Å². The van der Waals surface area contributed by atoms with Gasteiger partial charge in [-0.1, -0.05) is 54.6 Å². The highest BCUT2D eigenvalue weighted by Crippen LogP contribution is 2.21. The maximum absolute atomic E-state index is 12.2. The molecule has 0 unspecified atom stereocenters. The molecular weight excluding hydrogens is 272 g/mol. The molecule has 0 aliphatic heterocycles. The van der Waals surface area contributed by atoms with E-state index < -0.39 is 0 Å². The molecule has 0 spiro atoms. The van der Waals surface area contributed by atoms with Gasteiger partial charge in [0.2, 0.25) is 5.78 Å². The quantitative estimate of drug-likeness (QED) is 0.644. The third-order valence-electron chi connectivity index (χ3n) is 3.05. The molecule has 0 saturated carbocycles. The molecule has 0 saturated heterocycles. The Morgan fingerprint density at radius 1 is 0.800 bits per heavy atom. The van der Waals surface area contributed by atoms with Crippen molar-refractivity contribution in [2.45, 2.75) is 0 Å². The van der Waals surface area contributed by atoms with Crippen LogP contribution in [-0.4, -0.2) is 5.78 Å². The van der Waals surface area contributed by atoms with E-state index in [0.717, 1.165) is 11.1 Å². The maximum Gasteiger partial charge on any atom is 0.228 e. The third-order valence-corrected chi connectivity index (χ3v) is 3.25. The molecule has 0 N–H and O–H groups in total. The first-order chi connectivity index (χ1) is 9.74. The molecule has 2 aromatic carbocycles. The lowest BCUT2D eigenvalue weighted by molar-refractivity contribution is 0.101. The minimum Gasteiger partial charge on any atom is -0.441 e. The van der Waals surface area contributed by atoms with E-state index in [1.54, 1.807) is 24.3 Å². The Labute approximate surface area is 121 Å². The Bertz CT molecular complexity index is 727. The van der Waals surface area contributed by atoms with Gasteiger partial charge >= 0.3 is 0 Å². The van der Waals surface area contributed by atoms with Crippen molar-refractivity contribution in [2.24, 2.45) is 0 Å². The lowest BCUT2D eigenvalue weighted by Crippen LogP contribution is -1.98. The molecule has 20 heavy (non-hydrogen) atoms. The number of carbonyl (C=O) groups is 1. The van der Waals surface area contributed by atoms with Crippen LogP contribution in [0.1, 0.15) is 16.1 Å². The zero-order valence-corrected chi connectivity index (χ0v) is 11.3. The molecule has 0 amide bonds. The van der Waals surface area contributed by atoms with Gasteiger partial charge in [-0.3, -0.25) is 4.79 Å². The average Bonchev–Trinajstić information content (AvgIpc) is 2.94. The average molecular weight is 283 g/mol. The lowest BCUT2D eigenvalue weighted by atomic mass is 10.0. The summed E-state index contributed by atoms with van der Waals surface area (Å²) in [6.45, 7) is 0. The van der Waals surface area contributed by atoms with Gasteiger partial charge in [-0.25, -0.2) is 0 Å². The zero-order chi connectivity index (χ0) is 13.9. The first-order valence-electron chi connectivity index (χ1n) is 6.19. The van der Waals surface area contributed by atoms with Gasteiger partial charge in [0.05, 0.1) is 0 Å². The number of rotatable bonds is 3. The summed E-state index contributed by atoms with van der Waals surface area (Å²) in [4.78, 5) is 12.2. The van der Waals surface area contributed by atoms with Gasteiger partial charge < -0.3 is 4.42 Å². The van der Waals surface area contributed by atoms with Crippen LogP contribution in [0, 0.1) is 0 Å². The van der Waals surface area contributed by atoms with E-state index in [9.17, 15) is 4.79 Å². The van der Waals surface area contributed by atoms with Crippen molar-refractivity contribution in [3.05, 3.63) is 83.3 Å². The van der Waals surface area contributed by atoms with Crippen molar-refractivity contribution in [1.82, 2.24) is 0 Å². The number of benzene rings is 2. The van der Waals surface area contributed by atoms with E-state index in [2.05, 4.69) is 0 Å². The summed E-state index contributed by atoms with van der Waals surface area (Å²) < 4.78 is 5.13. The summed E-state index contributed by atoms with van der Waals surface area (Å²) >= 11 is 5.68. The summed E-state index contributed by atoms with van der Waals surface area (Å²) in [7, 11) is 0. The lowest BCUT2D eigenvalue weighted by Gasteiger charge is -2.03. The van der Waals surface area contributed by atoms with Gasteiger partial charge in [0, 0.05) is 5.56 Å². The molecule has 3 heteroatoms. The molecule has 98 valence electrons. The summed E-state index contributed by atoms with van der Waals surface area (Å²) in [6.07, 6.45) is 0. The SMILES string of the molecule is O=C(c1ccc(-c2ccccc2)cc1)c1ccc(Cl)o1. The van der Waals surface area contributed by atoms with Crippen molar-refractivity contribution in [2.75, 3.05) is 0 Å². The second kappa shape index (κ2) is 5.35. The molecule has 1 heterocycles. The van der Waals surface area contributed by atoms with Crippen molar-refractivity contribution in [3.63, 3.8) is 0 Å². The van der Waals surface area contributed by atoms with Crippen molar-refractivity contribution in [1.29, 1.82) is 0 Å². The number of furan rings is 1. The van der Waals surface area contributed by atoms with E-state index in [-0.39, 0.29) is 16.8 Å². The van der Waals surface area contributed by atoms with Gasteiger partial charge in [0.15, 0.2) is 11.0 Å². The fourth-order valence-corrected chi connectivity index (χ4v) is 2.17. The molecule has 0 aliphatic carbocycles. The highest BCUT2D eigenvalue weighted by molar-refractivity contribution is 6.29. The standard InChI is InChI=1S/C17H11ClO2/c18-16-11-10-15(20-16)17(19)14-8-6-13(7-9-14)12-4-2-1-3-5-12/h1-11H. The van der Waals surface area contributed by atoms with Gasteiger partial charge in [0.1, 0.15) is 0 Å². The summed E-state index contributed by atoms with van der Waals surface area (Å²) in [6, 6.07) is 20.6. The number of halogens is 1. The molecule has 0 aliphatic rings. The minimum atomic E-state index is -0.170. The number of carbonyl (C=O) groups excluding carboxylic acids is 1. The first-order valence-corrected chi connectivity index (χ1v) is 6.57. The van der Waals surface area contributed by atoms with Crippen LogP contribution in [0.5, 0.6) is 0 Å². The van der Waals surface area contributed by atoms with E-state index in [4.69, 9.17) is 16.0 Å². The Morgan fingerprint density at radius 2 is 1.45 bits per heavy atom. The first kappa shape index (κ1) is 12.7. The van der Waals surface area contributed by atoms with Crippen molar-refractivity contribution >= 4 is 17.4 Å². The van der Waals surface area contributed by atoms with Crippen LogP contribution in [0.4, 0.5) is 0 Å². The van der Waals surface area contributed by atoms with Crippen LogP contribution < -0.4 is 0 Å². The molecule has 0 fully saturated rings. The largest absolute Gasteiger partial charge is 0.441 e. The van der Waals surface area contributed by atoms with Crippen LogP contribution in [0.15, 0.2) is 71.1 Å². The normalized spacial score (nSPS) is 10.4. The van der Waals surface area contributed by atoms with E-state index >= 15 is 0 Å². The third kappa shape index (κ3) is 2.51. The molecule has 3 aromatic rings. The second-order valence-corrected chi connectivity index (χ2v) is 4.75. The highest BCUT2D eigenvalue weighted by atomic mass is 35.5. The molecule has 0 bridgehead atoms. The fraction of sp³-hybridized carbons (Fsp3) is 0. The summed E-state index contributed by atoms with van der Waals surface area (Å²) in [5.74, 6) is 0.0824. The number of hydrogen-bond donors (Lipinski definition) is 0. The van der Waals surface area contributed by atoms with E-state index in [1.807, 2.05) is 42.5 Å². The fourth-order valence-electron chi connectivity index (χ4n) is 2.02. The van der Waals surface area contributed by atoms with Crippen LogP contribution in [0.25, 0.3) is 11.1 Å². The van der Waals surface area contributed by atoms with E-state index in [1.165, 1.54) is 0 Å². The minimum absolute atomic E-state index is 0.170. The second-order valence-electron chi connectivity index (χ2n) is 4.38. The highest BCUT2D eigenvalue weighted by Gasteiger charge is 2.13. The van der Waals surface area contributed by atoms with Gasteiger partial charge in [-0.05, 0) is 34.9 Å². The number of hydrogen-bond acceptors (Lipinski definition) is 2. The summed E-state index contributed by atoms with van der Waals surface area (Å²) in [5, 5.41) is 0.217. The predicted molar refractivity (Wildman–Crippen MR) is 79.0 cm³/mol. The summed E-state index contributed by atoms with van der Waals surface area (Å²) in [5.41, 5.74) is 2.77. The zero-order valence-electron chi connectivity index (χ0n) is 10.5. The van der Waals surface area contributed by atoms with Crippen LogP contribution in [0.2, 0.25) is 5.22 Å². The number of ketones is 1. The molecule has 0 atom stereocenters. The molecule has 3 rings (SSSR count). The monoisotopic (exact) mass is 282 g/mol. The maximum atomic E-state index is 12.2. The Hall–Kier alpha value is -2.32. The van der Waals surface area contributed by atoms with Gasteiger partial charge in [-0.15, -0.1) is 0 Å². The van der Waals surface area contributed by atoms with E-state index in [0.29, 0.717) is 5.56 Å². The molecule has 1 aromatic heterocycles. The Balaban J connectivity index is 1.88. The van der Waals surface area contributed by atoms with Crippen LogP contribution in [-0.2, 0) is 0 Å². The molecular formula is C17H11ClO2. The van der Waals surface area contributed by atoms with Crippen LogP contribution in [0.3, 0.4) is 0 Å². The molecule has 0 radical (unpaired) electrons. The van der Waals surface area contributed by atoms with Gasteiger partial charge in [-0.2, -0.15) is 0 Å². The van der Waals surface area contributed by atoms with Crippen molar-refractivity contribution < 1.29 is 9.21 Å². The predicted octanol–water partition coefficient (Wildman–Crippen LogP) is 4.83. The molecule has 2 nitrogen and oxygen atoms in total. The van der Waals surface area contributed by atoms with Crippen molar-refractivity contribution in [3.8, 4) is 11.1 Å². The topological polar surface area (TPSA) is 30.2 Å². The Kier molecular flexibility index (Phi) is 3.40. The Morgan fingerprint density at radius 3 is 2.05 bits per heavy atom.